The van der Waals surface area contributed by atoms with Gasteiger partial charge >= 0.3 is 33.3 Å². The summed E-state index contributed by atoms with van der Waals surface area (Å²) in [6.07, 6.45) is 40.7. The molecule has 20 nitrogen and oxygen atoms in total. The van der Waals surface area contributed by atoms with Gasteiger partial charge in [0.15, 0.2) is 12.3 Å². The number of aliphatic hydroxyl groups excluding tert-OH is 4. The highest BCUT2D eigenvalue weighted by molar-refractivity contribution is 7.61. The van der Waals surface area contributed by atoms with Gasteiger partial charge in [-0.2, -0.15) is 9.29 Å². The molecule has 1 aromatic heterocycles. The number of rotatable bonds is 40. The van der Waals surface area contributed by atoms with Crippen LogP contribution in [0.25, 0.3) is 0 Å². The monoisotopic (exact) mass is 1110 g/mol. The number of esters is 2. The summed E-state index contributed by atoms with van der Waals surface area (Å²) in [5.41, 5.74) is 4.56. The van der Waals surface area contributed by atoms with E-state index in [1.165, 1.54) is 31.4 Å². The summed E-state index contributed by atoms with van der Waals surface area (Å²) in [6.45, 7) is 1.68. The van der Waals surface area contributed by atoms with Crippen molar-refractivity contribution >= 4 is 33.4 Å². The molecule has 0 amide bonds. The normalized spacial score (nSPS) is 20.5. The number of unbranched alkanes of at least 4 members (excludes halogenated alkanes) is 5. The first kappa shape index (κ1) is 67.2. The molecule has 2 rings (SSSR count). The van der Waals surface area contributed by atoms with E-state index in [0.29, 0.717) is 32.1 Å². The zero-order valence-corrected chi connectivity index (χ0v) is 45.5. The van der Waals surface area contributed by atoms with Crippen LogP contribution in [0.1, 0.15) is 123 Å². The highest BCUT2D eigenvalue weighted by Crippen LogP contribution is 2.60. The standard InChI is InChI=1S/C54H81N3O17P2/c1-3-5-7-8-9-10-11-12-13-14-15-16-17-18-22-25-31-37-49(60)69-41-46(72-50(61)38-32-26-30-36-45(59)35-29-24-21-19-20-23-28-34-44(58)33-27-6-4-2)42-70-75(65,66)74-76(67,68)71-43-47-51(62)52(63)53(73-47)57-40-39-48(55)56-54(57)64/h6,9-10,12-13,15-16,18,20-24,27-30,34-36,39-40,44-47,51-53,58-59,62-63H,3-5,7-8,11,14,17,19,25-26,31-33,37-38,41-43H2,1-2H3,(H,65,66)(H,67,68)(H2,55,56,64)/b10-9-,13-12-,16-15-,22-18-,23-20-,24-21-,27-6-,34-28+,35-29+,36-30-/t44-,45-,46+,47+,51+,52+,53+/m0/s1. The van der Waals surface area contributed by atoms with Gasteiger partial charge in [0.2, 0.25) is 0 Å². The van der Waals surface area contributed by atoms with Gasteiger partial charge in [-0.15, -0.1) is 0 Å². The average Bonchev–Trinajstić information content (AvgIpc) is 3.65. The summed E-state index contributed by atoms with van der Waals surface area (Å²) in [5.74, 6) is -1.58. The number of nitrogens with two attached hydrogens (primary N) is 1. The molecular formula is C54H81N3O17P2. The number of phosphoric ester groups is 2. The second kappa shape index (κ2) is 40.3. The Bertz CT molecular complexity index is 2290. The van der Waals surface area contributed by atoms with Crippen LogP contribution in [-0.4, -0.2) is 108 Å². The molecule has 0 radical (unpaired) electrons. The number of allylic oxidation sites excluding steroid dienone is 16. The number of nitrogen functional groups attached to an aromatic ring is 1. The highest BCUT2D eigenvalue weighted by Gasteiger charge is 2.46. The Kier molecular flexibility index (Phi) is 35.6. The molecule has 8 N–H and O–H groups in total. The third-order valence-electron chi connectivity index (χ3n) is 10.7. The molecule has 424 valence electrons. The van der Waals surface area contributed by atoms with E-state index in [-0.39, 0.29) is 25.1 Å². The van der Waals surface area contributed by atoms with Crippen LogP contribution in [0.3, 0.4) is 0 Å². The topological polar surface area (TPSA) is 306 Å². The Morgan fingerprint density at radius 3 is 1.96 bits per heavy atom. The Balaban J connectivity index is 1.90. The van der Waals surface area contributed by atoms with E-state index in [1.54, 1.807) is 36.5 Å². The Morgan fingerprint density at radius 1 is 0.724 bits per heavy atom. The molecule has 1 saturated heterocycles. The van der Waals surface area contributed by atoms with E-state index < -0.39 is 95.9 Å². The quantitative estimate of drug-likeness (QED) is 0.0106. The van der Waals surface area contributed by atoms with Gasteiger partial charge in [0.05, 0.1) is 25.4 Å². The van der Waals surface area contributed by atoms with Crippen LogP contribution in [0.5, 0.6) is 0 Å². The van der Waals surface area contributed by atoms with Gasteiger partial charge < -0.3 is 50.2 Å². The van der Waals surface area contributed by atoms with Crippen LogP contribution in [0.4, 0.5) is 5.82 Å². The van der Waals surface area contributed by atoms with Crippen molar-refractivity contribution in [2.75, 3.05) is 25.6 Å². The first-order valence-corrected chi connectivity index (χ1v) is 28.8. The molecule has 0 aromatic carbocycles. The molecule has 1 aliphatic rings. The van der Waals surface area contributed by atoms with Crippen molar-refractivity contribution in [3.63, 3.8) is 0 Å². The summed E-state index contributed by atoms with van der Waals surface area (Å²) in [4.78, 5) is 61.9. The lowest BCUT2D eigenvalue weighted by Crippen LogP contribution is -2.36. The maximum Gasteiger partial charge on any atom is 0.481 e. The second-order valence-corrected chi connectivity index (χ2v) is 20.4. The van der Waals surface area contributed by atoms with Crippen molar-refractivity contribution < 1.29 is 76.5 Å². The molecule has 1 aromatic rings. The van der Waals surface area contributed by atoms with Crippen LogP contribution < -0.4 is 11.4 Å². The van der Waals surface area contributed by atoms with Gasteiger partial charge in [0.25, 0.3) is 0 Å². The minimum atomic E-state index is -5.50. The lowest BCUT2D eigenvalue weighted by Gasteiger charge is -2.21. The van der Waals surface area contributed by atoms with E-state index in [2.05, 4.69) is 52.7 Å². The number of carbonyl (C=O) groups excluding carboxylic acids is 2. The minimum Gasteiger partial charge on any atom is -0.462 e. The second-order valence-electron chi connectivity index (χ2n) is 17.3. The van der Waals surface area contributed by atoms with Crippen LogP contribution in [-0.2, 0) is 46.3 Å². The predicted octanol–water partition coefficient (Wildman–Crippen LogP) is 8.72. The van der Waals surface area contributed by atoms with Crippen molar-refractivity contribution in [1.29, 1.82) is 0 Å². The van der Waals surface area contributed by atoms with Gasteiger partial charge in [-0.05, 0) is 83.1 Å². The van der Waals surface area contributed by atoms with Crippen molar-refractivity contribution in [2.45, 2.75) is 159 Å². The molecule has 0 spiro atoms. The van der Waals surface area contributed by atoms with E-state index >= 15 is 0 Å². The van der Waals surface area contributed by atoms with Gasteiger partial charge in [0.1, 0.15) is 30.7 Å². The molecule has 0 aliphatic carbocycles. The molecule has 1 fully saturated rings. The molecular weight excluding hydrogens is 1020 g/mol. The van der Waals surface area contributed by atoms with Crippen molar-refractivity contribution in [2.24, 2.45) is 0 Å². The molecule has 0 bridgehead atoms. The summed E-state index contributed by atoms with van der Waals surface area (Å²) in [6, 6.07) is 1.23. The average molecular weight is 1110 g/mol. The van der Waals surface area contributed by atoms with Crippen LogP contribution in [0.2, 0.25) is 0 Å². The van der Waals surface area contributed by atoms with E-state index in [1.807, 2.05) is 49.5 Å². The number of hydrogen-bond donors (Lipinski definition) is 7. The summed E-state index contributed by atoms with van der Waals surface area (Å²) >= 11 is 0. The Labute approximate surface area is 447 Å². The fourth-order valence-electron chi connectivity index (χ4n) is 6.69. The first-order valence-electron chi connectivity index (χ1n) is 25.8. The van der Waals surface area contributed by atoms with Crippen LogP contribution in [0.15, 0.2) is 139 Å². The van der Waals surface area contributed by atoms with E-state index in [0.717, 1.165) is 42.9 Å². The number of anilines is 1. The lowest BCUT2D eigenvalue weighted by atomic mass is 10.1. The number of nitrogens with zero attached hydrogens (tertiary/aromatic N) is 2. The van der Waals surface area contributed by atoms with Gasteiger partial charge in [0, 0.05) is 19.0 Å². The molecule has 22 heteroatoms. The largest absolute Gasteiger partial charge is 0.481 e. The third kappa shape index (κ3) is 32.6. The van der Waals surface area contributed by atoms with Crippen LogP contribution in [0, 0.1) is 0 Å². The number of carbonyl (C=O) groups is 2. The fourth-order valence-corrected chi connectivity index (χ4v) is 8.80. The van der Waals surface area contributed by atoms with Gasteiger partial charge in [-0.25, -0.2) is 13.9 Å². The number of hydrogen-bond acceptors (Lipinski definition) is 17. The van der Waals surface area contributed by atoms with E-state index in [4.69, 9.17) is 29.0 Å². The number of aliphatic hydroxyl groups is 4. The smallest absolute Gasteiger partial charge is 0.462 e. The maximum atomic E-state index is 12.9. The summed E-state index contributed by atoms with van der Waals surface area (Å²) in [5, 5.41) is 41.1. The maximum absolute atomic E-state index is 12.9. The highest BCUT2D eigenvalue weighted by atomic mass is 31.3. The SMILES string of the molecule is CC/C=C\C[C@H](O)/C=C/C=C\C/C=C\C=C\[C@H](O)/C=C\CCCC(=O)O[C@H](COC(=O)CCC/C=C\C/C=C\C/C=C\C/C=C\CCCCC)COP(=O)(O)OP(=O)(O)OC[C@H]1O[C@@H](n2ccc(N)nc2=O)[C@H](O)[C@@H]1O. The number of phosphoric acid groups is 2. The molecule has 2 unspecified atom stereocenters. The van der Waals surface area contributed by atoms with Gasteiger partial charge in [-0.3, -0.25) is 23.2 Å². The van der Waals surface area contributed by atoms with E-state index in [9.17, 15) is 53.7 Å². The summed E-state index contributed by atoms with van der Waals surface area (Å²) in [7, 11) is -11.0. The van der Waals surface area contributed by atoms with Crippen molar-refractivity contribution in [3.05, 3.63) is 144 Å². The van der Waals surface area contributed by atoms with Gasteiger partial charge in [-0.1, -0.05) is 148 Å². The van der Waals surface area contributed by atoms with Crippen molar-refractivity contribution in [1.82, 2.24) is 9.55 Å². The molecule has 76 heavy (non-hydrogen) atoms. The predicted molar refractivity (Wildman–Crippen MR) is 291 cm³/mol. The number of aromatic nitrogens is 2. The molecule has 2 heterocycles. The molecule has 9 atom stereocenters. The third-order valence-corrected chi connectivity index (χ3v) is 13.3. The minimum absolute atomic E-state index is 0.0000413. The Morgan fingerprint density at radius 2 is 1.32 bits per heavy atom. The zero-order valence-electron chi connectivity index (χ0n) is 43.7. The van der Waals surface area contributed by atoms with Crippen LogP contribution >= 0.6 is 15.6 Å². The fraction of sp³-hybridized carbons (Fsp3) is 0.519. The number of ether oxygens (including phenoxy) is 3. The molecule has 1 aliphatic heterocycles. The molecule has 0 saturated carbocycles. The Hall–Kier alpha value is -4.92. The zero-order chi connectivity index (χ0) is 55.9. The first-order chi connectivity index (χ1) is 36.5. The lowest BCUT2D eigenvalue weighted by molar-refractivity contribution is -0.161. The summed E-state index contributed by atoms with van der Waals surface area (Å²) < 4.78 is 56.5. The van der Waals surface area contributed by atoms with Crippen molar-refractivity contribution in [3.8, 4) is 0 Å².